The average molecular weight is 478 g/mol. The van der Waals surface area contributed by atoms with Crippen molar-refractivity contribution in [2.75, 3.05) is 11.1 Å². The Morgan fingerprint density at radius 3 is 2.83 bits per heavy atom. The zero-order valence-corrected chi connectivity index (χ0v) is 17.6. The van der Waals surface area contributed by atoms with Crippen LogP contribution in [0, 0.1) is 10.1 Å². The Hall–Kier alpha value is -2.92. The third-order valence-corrected chi connectivity index (χ3v) is 5.37. The molecular formula is C18H16BrN5O4S. The Morgan fingerprint density at radius 1 is 1.31 bits per heavy atom. The lowest BCUT2D eigenvalue weighted by atomic mass is 10.2. The van der Waals surface area contributed by atoms with E-state index < -0.39 is 4.92 Å². The highest BCUT2D eigenvalue weighted by atomic mass is 79.9. The number of rotatable bonds is 7. The van der Waals surface area contributed by atoms with Crippen LogP contribution in [-0.2, 0) is 11.3 Å². The fourth-order valence-electron chi connectivity index (χ4n) is 2.59. The van der Waals surface area contributed by atoms with Gasteiger partial charge in [-0.3, -0.25) is 14.9 Å². The molecule has 29 heavy (non-hydrogen) atoms. The van der Waals surface area contributed by atoms with Crippen LogP contribution in [-0.4, -0.2) is 36.5 Å². The van der Waals surface area contributed by atoms with E-state index >= 15 is 0 Å². The molecule has 0 unspecified atom stereocenters. The van der Waals surface area contributed by atoms with Crippen molar-refractivity contribution in [3.05, 3.63) is 57.1 Å². The Kier molecular flexibility index (Phi) is 6.49. The molecule has 0 fully saturated rings. The number of phenols is 1. The lowest BCUT2D eigenvalue weighted by Gasteiger charge is -2.09. The third kappa shape index (κ3) is 4.93. The van der Waals surface area contributed by atoms with E-state index in [4.69, 9.17) is 0 Å². The minimum Gasteiger partial charge on any atom is -0.507 e. The molecular weight excluding hydrogens is 462 g/mol. The number of nitro benzene ring substituents is 1. The molecule has 0 aliphatic rings. The number of nitrogens with zero attached hydrogens (tertiary/aromatic N) is 4. The summed E-state index contributed by atoms with van der Waals surface area (Å²) in [5.74, 6) is 0.293. The average Bonchev–Trinajstić information content (AvgIpc) is 3.11. The second-order valence-corrected chi connectivity index (χ2v) is 7.71. The highest BCUT2D eigenvalue weighted by molar-refractivity contribution is 9.10. The van der Waals surface area contributed by atoms with Crippen molar-refractivity contribution in [3.8, 4) is 17.1 Å². The monoisotopic (exact) mass is 477 g/mol. The summed E-state index contributed by atoms with van der Waals surface area (Å²) < 4.78 is 2.59. The quantitative estimate of drug-likeness (QED) is 0.298. The van der Waals surface area contributed by atoms with Crippen molar-refractivity contribution in [2.45, 2.75) is 18.6 Å². The second-order valence-electron chi connectivity index (χ2n) is 5.86. The maximum Gasteiger partial charge on any atom is 0.271 e. The summed E-state index contributed by atoms with van der Waals surface area (Å²) in [5, 5.41) is 32.4. The number of nitrogens with one attached hydrogen (secondary N) is 1. The Labute approximate surface area is 178 Å². The van der Waals surface area contributed by atoms with Gasteiger partial charge in [0.15, 0.2) is 11.0 Å². The standard InChI is InChI=1S/C18H16BrN5O4S/c1-2-23-17(14-8-11(19)6-7-15(14)25)21-22-18(23)29-10-16(26)20-12-4-3-5-13(9-12)24(27)28/h3-9,25H,2,10H2,1H3,(H,20,26). The molecule has 3 rings (SSSR count). The van der Waals surface area contributed by atoms with Crippen molar-refractivity contribution >= 4 is 45.0 Å². The molecule has 0 saturated carbocycles. The van der Waals surface area contributed by atoms with Crippen LogP contribution in [0.1, 0.15) is 6.92 Å². The number of halogens is 1. The fourth-order valence-corrected chi connectivity index (χ4v) is 3.75. The Morgan fingerprint density at radius 2 is 2.10 bits per heavy atom. The summed E-state index contributed by atoms with van der Waals surface area (Å²) in [6.07, 6.45) is 0. The molecule has 3 aromatic rings. The van der Waals surface area contributed by atoms with Gasteiger partial charge in [0.1, 0.15) is 5.75 Å². The molecule has 0 radical (unpaired) electrons. The van der Waals surface area contributed by atoms with Gasteiger partial charge in [0.25, 0.3) is 5.69 Å². The van der Waals surface area contributed by atoms with E-state index in [0.29, 0.717) is 28.8 Å². The van der Waals surface area contributed by atoms with Gasteiger partial charge >= 0.3 is 0 Å². The highest BCUT2D eigenvalue weighted by Gasteiger charge is 2.17. The summed E-state index contributed by atoms with van der Waals surface area (Å²) in [6.45, 7) is 2.46. The van der Waals surface area contributed by atoms with E-state index in [0.717, 1.165) is 4.47 Å². The van der Waals surface area contributed by atoms with E-state index in [2.05, 4.69) is 31.4 Å². The number of aromatic nitrogens is 3. The van der Waals surface area contributed by atoms with Crippen molar-refractivity contribution in [1.82, 2.24) is 14.8 Å². The fraction of sp³-hybridized carbons (Fsp3) is 0.167. The van der Waals surface area contributed by atoms with Gasteiger partial charge in [-0.25, -0.2) is 0 Å². The minimum absolute atomic E-state index is 0.0469. The second kappa shape index (κ2) is 9.05. The van der Waals surface area contributed by atoms with Crippen LogP contribution < -0.4 is 5.32 Å². The first-order valence-electron chi connectivity index (χ1n) is 8.48. The number of amides is 1. The van der Waals surface area contributed by atoms with Crippen LogP contribution in [0.4, 0.5) is 11.4 Å². The van der Waals surface area contributed by atoms with Crippen molar-refractivity contribution in [3.63, 3.8) is 0 Å². The number of nitro groups is 1. The molecule has 11 heteroatoms. The van der Waals surface area contributed by atoms with Gasteiger partial charge < -0.3 is 15.0 Å². The number of aromatic hydroxyl groups is 1. The number of hydrogen-bond donors (Lipinski definition) is 2. The number of non-ortho nitro benzene ring substituents is 1. The predicted octanol–water partition coefficient (Wildman–Crippen LogP) is 4.07. The van der Waals surface area contributed by atoms with E-state index in [1.807, 2.05) is 6.92 Å². The van der Waals surface area contributed by atoms with Crippen LogP contribution in [0.3, 0.4) is 0 Å². The molecule has 0 saturated heterocycles. The van der Waals surface area contributed by atoms with Gasteiger partial charge in [-0.15, -0.1) is 10.2 Å². The minimum atomic E-state index is -0.521. The lowest BCUT2D eigenvalue weighted by Crippen LogP contribution is -2.14. The van der Waals surface area contributed by atoms with Gasteiger partial charge in [-0.05, 0) is 31.2 Å². The van der Waals surface area contributed by atoms with Crippen molar-refractivity contribution < 1.29 is 14.8 Å². The van der Waals surface area contributed by atoms with Crippen molar-refractivity contribution in [1.29, 1.82) is 0 Å². The number of carbonyl (C=O) groups is 1. The first kappa shape index (κ1) is 20.8. The highest BCUT2D eigenvalue weighted by Crippen LogP contribution is 2.32. The van der Waals surface area contributed by atoms with Crippen LogP contribution in [0.2, 0.25) is 0 Å². The molecule has 0 spiro atoms. The molecule has 1 aromatic heterocycles. The Bertz CT molecular complexity index is 1070. The molecule has 0 atom stereocenters. The summed E-state index contributed by atoms with van der Waals surface area (Å²) in [6, 6.07) is 10.8. The largest absolute Gasteiger partial charge is 0.507 e. The van der Waals surface area contributed by atoms with Gasteiger partial charge in [-0.2, -0.15) is 0 Å². The maximum absolute atomic E-state index is 12.2. The summed E-state index contributed by atoms with van der Waals surface area (Å²) >= 11 is 4.56. The SMILES string of the molecule is CCn1c(SCC(=O)Nc2cccc([N+](=O)[O-])c2)nnc1-c1cc(Br)ccc1O. The smallest absolute Gasteiger partial charge is 0.271 e. The van der Waals surface area contributed by atoms with Crippen molar-refractivity contribution in [2.24, 2.45) is 0 Å². The van der Waals surface area contributed by atoms with Gasteiger partial charge in [0, 0.05) is 28.8 Å². The third-order valence-electron chi connectivity index (χ3n) is 3.91. The summed E-state index contributed by atoms with van der Waals surface area (Å²) in [5.41, 5.74) is 0.780. The number of benzene rings is 2. The number of anilines is 1. The summed E-state index contributed by atoms with van der Waals surface area (Å²) in [7, 11) is 0. The van der Waals surface area contributed by atoms with Gasteiger partial charge in [-0.1, -0.05) is 33.8 Å². The Balaban J connectivity index is 1.72. The van der Waals surface area contributed by atoms with Crippen LogP contribution >= 0.6 is 27.7 Å². The number of thioether (sulfide) groups is 1. The van der Waals surface area contributed by atoms with E-state index in [1.165, 1.54) is 30.0 Å². The topological polar surface area (TPSA) is 123 Å². The van der Waals surface area contributed by atoms with Crippen LogP contribution in [0.25, 0.3) is 11.4 Å². The normalized spacial score (nSPS) is 10.7. The van der Waals surface area contributed by atoms with E-state index in [1.54, 1.807) is 28.8 Å². The molecule has 0 bridgehead atoms. The molecule has 1 heterocycles. The summed E-state index contributed by atoms with van der Waals surface area (Å²) in [4.78, 5) is 22.6. The molecule has 1 amide bonds. The van der Waals surface area contributed by atoms with Gasteiger partial charge in [0.05, 0.1) is 16.2 Å². The van der Waals surface area contributed by atoms with Crippen LogP contribution in [0.15, 0.2) is 52.1 Å². The zero-order chi connectivity index (χ0) is 21.0. The molecule has 2 N–H and O–H groups in total. The van der Waals surface area contributed by atoms with E-state index in [-0.39, 0.29) is 23.1 Å². The number of phenolic OH excluding ortho intramolecular Hbond substituents is 1. The van der Waals surface area contributed by atoms with E-state index in [9.17, 15) is 20.0 Å². The maximum atomic E-state index is 12.2. The van der Waals surface area contributed by atoms with Crippen LogP contribution in [0.5, 0.6) is 5.75 Å². The first-order valence-corrected chi connectivity index (χ1v) is 10.3. The zero-order valence-electron chi connectivity index (χ0n) is 15.2. The lowest BCUT2D eigenvalue weighted by molar-refractivity contribution is -0.384. The van der Waals surface area contributed by atoms with Gasteiger partial charge in [0.2, 0.25) is 5.91 Å². The molecule has 150 valence electrons. The molecule has 9 nitrogen and oxygen atoms in total. The number of hydrogen-bond acceptors (Lipinski definition) is 7. The molecule has 0 aliphatic heterocycles. The first-order chi connectivity index (χ1) is 13.9. The predicted molar refractivity (Wildman–Crippen MR) is 113 cm³/mol. The number of carbonyl (C=O) groups excluding carboxylic acids is 1. The molecule has 0 aliphatic carbocycles. The molecule has 2 aromatic carbocycles.